The van der Waals surface area contributed by atoms with Crippen LogP contribution in [0.1, 0.15) is 24.5 Å². The minimum atomic E-state index is -4.16. The Morgan fingerprint density at radius 2 is 1.59 bits per heavy atom. The highest BCUT2D eigenvalue weighted by Crippen LogP contribution is 2.33. The number of carbonyl (C=O) groups excluding carboxylic acids is 2. The Balaban J connectivity index is 2.11. The fourth-order valence-electron chi connectivity index (χ4n) is 4.09. The summed E-state index contributed by atoms with van der Waals surface area (Å²) in [5.74, 6) is -0.523. The second-order valence-corrected chi connectivity index (χ2v) is 10.4. The van der Waals surface area contributed by atoms with Crippen molar-refractivity contribution in [1.82, 2.24) is 10.2 Å². The largest absolute Gasteiger partial charge is 0.495 e. The molecule has 0 spiro atoms. The van der Waals surface area contributed by atoms with E-state index in [-0.39, 0.29) is 23.0 Å². The minimum absolute atomic E-state index is 0.0410. The van der Waals surface area contributed by atoms with Gasteiger partial charge in [0.2, 0.25) is 11.8 Å². The van der Waals surface area contributed by atoms with E-state index in [4.69, 9.17) is 4.74 Å². The number of nitrogens with zero attached hydrogens (tertiary/aromatic N) is 2. The lowest BCUT2D eigenvalue weighted by Gasteiger charge is -2.33. The summed E-state index contributed by atoms with van der Waals surface area (Å²) in [5, 5.41) is 2.62. The lowest BCUT2D eigenvalue weighted by atomic mass is 10.1. The van der Waals surface area contributed by atoms with Crippen LogP contribution in [0, 0.1) is 6.92 Å². The molecular formula is C28H33N3O5S. The van der Waals surface area contributed by atoms with E-state index >= 15 is 0 Å². The summed E-state index contributed by atoms with van der Waals surface area (Å²) in [7, 11) is -1.20. The summed E-state index contributed by atoms with van der Waals surface area (Å²) < 4.78 is 34.3. The second kappa shape index (κ2) is 12.4. The molecule has 37 heavy (non-hydrogen) atoms. The van der Waals surface area contributed by atoms with Crippen molar-refractivity contribution in [3.05, 3.63) is 90.0 Å². The lowest BCUT2D eigenvalue weighted by molar-refractivity contribution is -0.140. The Hall–Kier alpha value is -3.85. The van der Waals surface area contributed by atoms with Crippen LogP contribution in [-0.2, 0) is 26.2 Å². The predicted molar refractivity (Wildman–Crippen MR) is 144 cm³/mol. The van der Waals surface area contributed by atoms with Crippen LogP contribution in [0.15, 0.2) is 83.8 Å². The topological polar surface area (TPSA) is 96.0 Å². The van der Waals surface area contributed by atoms with Gasteiger partial charge in [-0.15, -0.1) is 0 Å². The highest BCUT2D eigenvalue weighted by molar-refractivity contribution is 7.92. The smallest absolute Gasteiger partial charge is 0.264 e. The lowest BCUT2D eigenvalue weighted by Crippen LogP contribution is -2.51. The molecule has 1 N–H and O–H groups in total. The molecule has 9 heteroatoms. The van der Waals surface area contributed by atoms with Gasteiger partial charge in [0, 0.05) is 13.6 Å². The van der Waals surface area contributed by atoms with Crippen LogP contribution in [0.2, 0.25) is 0 Å². The number of hydrogen-bond acceptors (Lipinski definition) is 5. The van der Waals surface area contributed by atoms with Gasteiger partial charge in [-0.25, -0.2) is 8.42 Å². The van der Waals surface area contributed by atoms with Crippen LogP contribution < -0.4 is 14.4 Å². The van der Waals surface area contributed by atoms with Crippen LogP contribution in [0.5, 0.6) is 5.75 Å². The van der Waals surface area contributed by atoms with Gasteiger partial charge < -0.3 is 15.0 Å². The number of sulfonamides is 1. The van der Waals surface area contributed by atoms with E-state index in [9.17, 15) is 18.0 Å². The van der Waals surface area contributed by atoms with Gasteiger partial charge >= 0.3 is 0 Å². The summed E-state index contributed by atoms with van der Waals surface area (Å²) in [5.41, 5.74) is 1.87. The van der Waals surface area contributed by atoms with Gasteiger partial charge in [-0.1, -0.05) is 61.5 Å². The zero-order valence-corrected chi connectivity index (χ0v) is 22.4. The Bertz CT molecular complexity index is 1310. The first kappa shape index (κ1) is 27.7. The van der Waals surface area contributed by atoms with E-state index in [1.54, 1.807) is 36.4 Å². The molecule has 1 atom stereocenters. The maximum atomic E-state index is 13.9. The normalized spacial score (nSPS) is 11.9. The Kier molecular flexibility index (Phi) is 9.30. The van der Waals surface area contributed by atoms with Gasteiger partial charge in [0.05, 0.1) is 17.7 Å². The van der Waals surface area contributed by atoms with Gasteiger partial charge in [0.1, 0.15) is 18.3 Å². The number of aryl methyl sites for hydroxylation is 1. The van der Waals surface area contributed by atoms with E-state index in [0.29, 0.717) is 12.2 Å². The van der Waals surface area contributed by atoms with E-state index < -0.39 is 28.5 Å². The first-order valence-corrected chi connectivity index (χ1v) is 13.4. The molecule has 0 heterocycles. The Morgan fingerprint density at radius 3 is 2.16 bits per heavy atom. The SMILES string of the molecule is CC[C@H](C(=O)NC)N(Cc1ccccc1)C(=O)CN(c1cc(C)ccc1OC)S(=O)(=O)c1ccccc1. The van der Waals surface area contributed by atoms with Crippen LogP contribution in [0.4, 0.5) is 5.69 Å². The van der Waals surface area contributed by atoms with Crippen LogP contribution in [-0.4, -0.2) is 51.9 Å². The molecule has 0 unspecified atom stereocenters. The van der Waals surface area contributed by atoms with Crippen LogP contribution >= 0.6 is 0 Å². The third kappa shape index (κ3) is 6.48. The quantitative estimate of drug-likeness (QED) is 0.413. The molecule has 8 nitrogen and oxygen atoms in total. The van der Waals surface area contributed by atoms with Crippen LogP contribution in [0.25, 0.3) is 0 Å². The van der Waals surface area contributed by atoms with E-state index in [2.05, 4.69) is 5.32 Å². The van der Waals surface area contributed by atoms with Crippen LogP contribution in [0.3, 0.4) is 0 Å². The number of carbonyl (C=O) groups is 2. The van der Waals surface area contributed by atoms with Crippen molar-refractivity contribution in [3.63, 3.8) is 0 Å². The number of amides is 2. The van der Waals surface area contributed by atoms with Crippen molar-refractivity contribution < 1.29 is 22.7 Å². The monoisotopic (exact) mass is 523 g/mol. The molecule has 3 aromatic rings. The summed E-state index contributed by atoms with van der Waals surface area (Å²) in [6, 6.07) is 21.6. The van der Waals surface area contributed by atoms with E-state index in [0.717, 1.165) is 15.4 Å². The number of rotatable bonds is 11. The Labute approximate surface area is 218 Å². The molecule has 0 radical (unpaired) electrons. The van der Waals surface area contributed by atoms with Crippen molar-refractivity contribution in [2.75, 3.05) is 25.0 Å². The molecule has 0 aliphatic heterocycles. The Morgan fingerprint density at radius 1 is 0.973 bits per heavy atom. The maximum Gasteiger partial charge on any atom is 0.264 e. The van der Waals surface area contributed by atoms with Crippen molar-refractivity contribution in [1.29, 1.82) is 0 Å². The third-order valence-electron chi connectivity index (χ3n) is 6.04. The molecule has 0 bridgehead atoms. The molecule has 0 saturated carbocycles. The molecular weight excluding hydrogens is 490 g/mol. The summed E-state index contributed by atoms with van der Waals surface area (Å²) >= 11 is 0. The molecule has 3 aromatic carbocycles. The molecule has 0 aliphatic carbocycles. The number of hydrogen-bond donors (Lipinski definition) is 1. The molecule has 0 fully saturated rings. The van der Waals surface area contributed by atoms with Crippen molar-refractivity contribution in [3.8, 4) is 5.75 Å². The first-order chi connectivity index (χ1) is 17.7. The molecule has 0 aromatic heterocycles. The van der Waals surface area contributed by atoms with Gasteiger partial charge in [-0.2, -0.15) is 0 Å². The minimum Gasteiger partial charge on any atom is -0.495 e. The van der Waals surface area contributed by atoms with Gasteiger partial charge in [0.15, 0.2) is 0 Å². The van der Waals surface area contributed by atoms with Crippen molar-refractivity contribution in [2.45, 2.75) is 37.8 Å². The molecule has 0 aliphatic rings. The highest BCUT2D eigenvalue weighted by Gasteiger charge is 2.34. The van der Waals surface area contributed by atoms with E-state index in [1.165, 1.54) is 31.2 Å². The molecule has 0 saturated heterocycles. The average Bonchev–Trinajstić information content (AvgIpc) is 2.92. The number of anilines is 1. The maximum absolute atomic E-state index is 13.9. The molecule has 2 amide bonds. The zero-order valence-electron chi connectivity index (χ0n) is 21.5. The van der Waals surface area contributed by atoms with Gasteiger partial charge in [0.25, 0.3) is 10.0 Å². The summed E-state index contributed by atoms with van der Waals surface area (Å²) in [6.07, 6.45) is 0.359. The standard InChI is InChI=1S/C28H33N3O5S/c1-5-24(28(33)29-3)30(19-22-12-8-6-9-13-22)27(32)20-31(25-18-21(2)16-17-26(25)36-4)37(34,35)23-14-10-7-11-15-23/h6-18,24H,5,19-20H2,1-4H3,(H,29,33)/t24-/m1/s1. The van der Waals surface area contributed by atoms with E-state index in [1.807, 2.05) is 44.2 Å². The number of likely N-dealkylation sites (N-methyl/N-ethyl adjacent to an activating group) is 1. The summed E-state index contributed by atoms with van der Waals surface area (Å²) in [4.78, 5) is 28.1. The predicted octanol–water partition coefficient (Wildman–Crippen LogP) is 3.75. The average molecular weight is 524 g/mol. The number of ether oxygens (including phenoxy) is 1. The summed E-state index contributed by atoms with van der Waals surface area (Å²) in [6.45, 7) is 3.28. The third-order valence-corrected chi connectivity index (χ3v) is 7.82. The number of benzene rings is 3. The number of nitrogens with one attached hydrogen (secondary N) is 1. The zero-order chi connectivity index (χ0) is 27.0. The fraction of sp³-hybridized carbons (Fsp3) is 0.286. The van der Waals surface area contributed by atoms with Crippen molar-refractivity contribution in [2.24, 2.45) is 0 Å². The highest BCUT2D eigenvalue weighted by atomic mass is 32.2. The van der Waals surface area contributed by atoms with Gasteiger partial charge in [-0.05, 0) is 48.7 Å². The van der Waals surface area contributed by atoms with Crippen molar-refractivity contribution >= 4 is 27.5 Å². The van der Waals surface area contributed by atoms with Gasteiger partial charge in [-0.3, -0.25) is 13.9 Å². The molecule has 3 rings (SSSR count). The first-order valence-electron chi connectivity index (χ1n) is 12.0. The number of methoxy groups -OCH3 is 1. The molecule has 196 valence electrons. The second-order valence-electron chi connectivity index (χ2n) is 8.55. The fourth-order valence-corrected chi connectivity index (χ4v) is 5.53.